The molecule has 0 aliphatic rings. The standard InChI is InChI=1S/C12H18N2.C8H10/c1-5-7-8-11(3)9-14-10-12(6-2)13-4;1-2-8-6-4-3-5-7-8/h5-9,14H,1,4,10H2,2-3H3;3-7H,2H2,1H3/b8-7+,11-9-,12-6-;. The highest BCUT2D eigenvalue weighted by atomic mass is 14.9. The van der Waals surface area contributed by atoms with Gasteiger partial charge in [0.1, 0.15) is 0 Å². The number of allylic oxidation sites excluding steroid dienone is 5. The topological polar surface area (TPSA) is 24.4 Å². The predicted octanol–water partition coefficient (Wildman–Crippen LogP) is 5.08. The zero-order valence-electron chi connectivity index (χ0n) is 14.0. The molecule has 0 amide bonds. The summed E-state index contributed by atoms with van der Waals surface area (Å²) in [6.07, 6.45) is 10.6. The van der Waals surface area contributed by atoms with Gasteiger partial charge in [-0.3, -0.25) is 4.99 Å². The largest absolute Gasteiger partial charge is 0.385 e. The first-order chi connectivity index (χ1) is 10.7. The van der Waals surface area contributed by atoms with Crippen LogP contribution >= 0.6 is 0 Å². The molecule has 0 aliphatic carbocycles. The van der Waals surface area contributed by atoms with Crippen LogP contribution in [0.4, 0.5) is 0 Å². The van der Waals surface area contributed by atoms with E-state index in [4.69, 9.17) is 0 Å². The van der Waals surface area contributed by atoms with Crippen LogP contribution in [-0.4, -0.2) is 13.3 Å². The van der Waals surface area contributed by atoms with Gasteiger partial charge in [-0.1, -0.05) is 68.1 Å². The van der Waals surface area contributed by atoms with Crippen molar-refractivity contribution in [2.45, 2.75) is 27.2 Å². The molecule has 2 heteroatoms. The molecule has 0 fully saturated rings. The van der Waals surface area contributed by atoms with Crippen molar-refractivity contribution in [1.29, 1.82) is 0 Å². The van der Waals surface area contributed by atoms with Gasteiger partial charge in [0, 0.05) is 0 Å². The van der Waals surface area contributed by atoms with Gasteiger partial charge >= 0.3 is 0 Å². The molecule has 0 aromatic heterocycles. The van der Waals surface area contributed by atoms with Crippen molar-refractivity contribution in [2.75, 3.05) is 6.54 Å². The fourth-order valence-electron chi connectivity index (χ4n) is 1.55. The first kappa shape index (κ1) is 19.7. The third-order valence-electron chi connectivity index (χ3n) is 2.90. The minimum absolute atomic E-state index is 0.708. The monoisotopic (exact) mass is 296 g/mol. The molecule has 0 bridgehead atoms. The van der Waals surface area contributed by atoms with Crippen LogP contribution in [0.5, 0.6) is 0 Å². The molecule has 0 atom stereocenters. The maximum atomic E-state index is 3.85. The smallest absolute Gasteiger partial charge is 0.0564 e. The predicted molar refractivity (Wildman–Crippen MR) is 100 cm³/mol. The molecule has 22 heavy (non-hydrogen) atoms. The van der Waals surface area contributed by atoms with Crippen molar-refractivity contribution in [2.24, 2.45) is 4.99 Å². The third-order valence-corrected chi connectivity index (χ3v) is 2.90. The van der Waals surface area contributed by atoms with Gasteiger partial charge in [-0.2, -0.15) is 0 Å². The minimum Gasteiger partial charge on any atom is -0.385 e. The van der Waals surface area contributed by atoms with Gasteiger partial charge in [0.25, 0.3) is 0 Å². The summed E-state index contributed by atoms with van der Waals surface area (Å²) in [6, 6.07) is 10.5. The molecule has 1 rings (SSSR count). The van der Waals surface area contributed by atoms with E-state index in [1.807, 2.05) is 44.3 Å². The molecule has 0 heterocycles. The Labute approximate surface area is 135 Å². The van der Waals surface area contributed by atoms with Crippen molar-refractivity contribution < 1.29 is 0 Å². The summed E-state index contributed by atoms with van der Waals surface area (Å²) in [5.41, 5.74) is 3.50. The van der Waals surface area contributed by atoms with Gasteiger partial charge in [0.05, 0.1) is 12.2 Å². The fourth-order valence-corrected chi connectivity index (χ4v) is 1.55. The molecular weight excluding hydrogens is 268 g/mol. The summed E-state index contributed by atoms with van der Waals surface area (Å²) in [5.74, 6) is 0. The van der Waals surface area contributed by atoms with Crippen molar-refractivity contribution in [3.8, 4) is 0 Å². The van der Waals surface area contributed by atoms with Gasteiger partial charge < -0.3 is 5.32 Å². The Morgan fingerprint density at radius 3 is 2.41 bits per heavy atom. The van der Waals surface area contributed by atoms with Crippen LogP contribution in [0.15, 0.2) is 83.7 Å². The van der Waals surface area contributed by atoms with Gasteiger partial charge in [-0.25, -0.2) is 0 Å². The lowest BCUT2D eigenvalue weighted by atomic mass is 10.2. The van der Waals surface area contributed by atoms with E-state index in [9.17, 15) is 0 Å². The van der Waals surface area contributed by atoms with E-state index in [1.54, 1.807) is 6.08 Å². The number of aryl methyl sites for hydroxylation is 1. The number of nitrogens with zero attached hydrogens (tertiary/aromatic N) is 1. The van der Waals surface area contributed by atoms with Crippen molar-refractivity contribution in [3.05, 3.63) is 84.2 Å². The zero-order chi connectivity index (χ0) is 16.6. The van der Waals surface area contributed by atoms with E-state index in [1.165, 1.54) is 5.56 Å². The number of benzene rings is 1. The zero-order valence-corrected chi connectivity index (χ0v) is 14.0. The van der Waals surface area contributed by atoms with E-state index in [2.05, 4.69) is 54.8 Å². The Hall–Kier alpha value is -2.35. The van der Waals surface area contributed by atoms with Gasteiger partial charge in [0.2, 0.25) is 0 Å². The van der Waals surface area contributed by atoms with Crippen LogP contribution in [-0.2, 0) is 6.42 Å². The van der Waals surface area contributed by atoms with Gasteiger partial charge in [0.15, 0.2) is 0 Å². The number of rotatable bonds is 7. The highest BCUT2D eigenvalue weighted by Gasteiger charge is 1.87. The number of hydrogen-bond donors (Lipinski definition) is 1. The van der Waals surface area contributed by atoms with Gasteiger partial charge in [-0.05, 0) is 44.3 Å². The van der Waals surface area contributed by atoms with E-state index in [0.29, 0.717) is 6.54 Å². The molecular formula is C20H28N2. The average molecular weight is 296 g/mol. The summed E-state index contributed by atoms with van der Waals surface area (Å²) in [5, 5.41) is 3.15. The van der Waals surface area contributed by atoms with E-state index < -0.39 is 0 Å². The molecule has 118 valence electrons. The normalized spacial score (nSPS) is 11.6. The van der Waals surface area contributed by atoms with E-state index >= 15 is 0 Å². The van der Waals surface area contributed by atoms with Crippen LogP contribution in [0.3, 0.4) is 0 Å². The summed E-state index contributed by atoms with van der Waals surface area (Å²) >= 11 is 0. The lowest BCUT2D eigenvalue weighted by Gasteiger charge is -2.01. The molecule has 0 saturated carbocycles. The summed E-state index contributed by atoms with van der Waals surface area (Å²) in [6.45, 7) is 13.9. The first-order valence-electron chi connectivity index (χ1n) is 7.53. The third kappa shape index (κ3) is 10.4. The van der Waals surface area contributed by atoms with Gasteiger partial charge in [-0.15, -0.1) is 0 Å². The molecule has 1 N–H and O–H groups in total. The molecule has 0 saturated heterocycles. The van der Waals surface area contributed by atoms with Crippen LogP contribution in [0, 0.1) is 0 Å². The Morgan fingerprint density at radius 2 is 1.95 bits per heavy atom. The Bertz CT molecular complexity index is 508. The van der Waals surface area contributed by atoms with Crippen molar-refractivity contribution in [3.63, 3.8) is 0 Å². The lowest BCUT2D eigenvalue weighted by molar-refractivity contribution is 0.916. The minimum atomic E-state index is 0.708. The van der Waals surface area contributed by atoms with E-state index in [0.717, 1.165) is 17.7 Å². The van der Waals surface area contributed by atoms with E-state index in [-0.39, 0.29) is 0 Å². The van der Waals surface area contributed by atoms with Crippen LogP contribution < -0.4 is 5.32 Å². The second-order valence-corrected chi connectivity index (χ2v) is 4.64. The molecule has 0 unspecified atom stereocenters. The first-order valence-corrected chi connectivity index (χ1v) is 7.53. The maximum Gasteiger partial charge on any atom is 0.0564 e. The quantitative estimate of drug-likeness (QED) is 0.551. The Balaban J connectivity index is 0.000000461. The SMILES string of the molecule is C=C/C=C/C(C)=C\NC/C(=C/C)N=C.CCc1ccccc1. The Morgan fingerprint density at radius 1 is 1.27 bits per heavy atom. The Kier molecular flexibility index (Phi) is 12.2. The van der Waals surface area contributed by atoms with Crippen LogP contribution in [0.1, 0.15) is 26.3 Å². The van der Waals surface area contributed by atoms with Crippen LogP contribution in [0.25, 0.3) is 0 Å². The lowest BCUT2D eigenvalue weighted by Crippen LogP contribution is -2.08. The molecule has 0 radical (unpaired) electrons. The maximum absolute atomic E-state index is 3.85. The highest BCUT2D eigenvalue weighted by Crippen LogP contribution is 1.97. The second-order valence-electron chi connectivity index (χ2n) is 4.64. The second kappa shape index (κ2) is 13.6. The van der Waals surface area contributed by atoms with Crippen LogP contribution in [0.2, 0.25) is 0 Å². The van der Waals surface area contributed by atoms with Crippen molar-refractivity contribution in [1.82, 2.24) is 5.32 Å². The molecule has 1 aromatic rings. The van der Waals surface area contributed by atoms with Crippen molar-refractivity contribution >= 4 is 6.72 Å². The number of hydrogen-bond acceptors (Lipinski definition) is 2. The number of aliphatic imine (C=N–C) groups is 1. The number of nitrogens with one attached hydrogen (secondary N) is 1. The average Bonchev–Trinajstić information content (AvgIpc) is 2.58. The fraction of sp³-hybridized carbons (Fsp3) is 0.250. The highest BCUT2D eigenvalue weighted by molar-refractivity contribution is 5.29. The molecule has 1 aromatic carbocycles. The molecule has 0 spiro atoms. The summed E-state index contributed by atoms with van der Waals surface area (Å²) in [7, 11) is 0. The molecule has 0 aliphatic heterocycles. The molecule has 2 nitrogen and oxygen atoms in total. The summed E-state index contributed by atoms with van der Waals surface area (Å²) < 4.78 is 0. The summed E-state index contributed by atoms with van der Waals surface area (Å²) in [4.78, 5) is 3.85.